The Labute approximate surface area is 260 Å². The first-order valence-corrected chi connectivity index (χ1v) is 16.1. The molecule has 1 saturated heterocycles. The van der Waals surface area contributed by atoms with Crippen LogP contribution in [0, 0.1) is 12.3 Å². The van der Waals surface area contributed by atoms with Crippen LogP contribution in [0.3, 0.4) is 0 Å². The molecule has 2 aliphatic carbocycles. The number of benzene rings is 1. The van der Waals surface area contributed by atoms with E-state index in [1.54, 1.807) is 26.3 Å². The number of halogens is 1. The number of ether oxygens (including phenoxy) is 1. The second-order valence-corrected chi connectivity index (χ2v) is 14.2. The van der Waals surface area contributed by atoms with Crippen LogP contribution in [0.4, 0.5) is 4.39 Å². The third kappa shape index (κ3) is 7.12. The van der Waals surface area contributed by atoms with Gasteiger partial charge in [0.1, 0.15) is 23.6 Å². The maximum absolute atomic E-state index is 14.5. The zero-order chi connectivity index (χ0) is 31.8. The number of Topliss-reactive ketones (excluding diaryl/α,β-unsaturated/α-hetero) is 1. The third-order valence-corrected chi connectivity index (χ3v) is 9.64. The van der Waals surface area contributed by atoms with Crippen LogP contribution in [0.15, 0.2) is 23.7 Å². The molecule has 2 saturated carbocycles. The molecule has 0 bridgehead atoms. The van der Waals surface area contributed by atoms with Crippen LogP contribution < -0.4 is 15.4 Å². The number of aryl methyl sites for hydroxylation is 1. The molecule has 0 spiro atoms. The van der Waals surface area contributed by atoms with E-state index in [0.29, 0.717) is 31.4 Å². The summed E-state index contributed by atoms with van der Waals surface area (Å²) in [4.78, 5) is 58.2. The lowest BCUT2D eigenvalue weighted by atomic mass is 9.85. The van der Waals surface area contributed by atoms with Gasteiger partial charge in [0.05, 0.1) is 28.3 Å². The molecule has 10 nitrogen and oxygen atoms in total. The van der Waals surface area contributed by atoms with Gasteiger partial charge in [0, 0.05) is 37.9 Å². The van der Waals surface area contributed by atoms with E-state index in [0.717, 1.165) is 21.7 Å². The molecule has 3 fully saturated rings. The predicted octanol–water partition coefficient (Wildman–Crippen LogP) is 3.62. The number of aliphatic hydroxyl groups excluding tert-OH is 1. The van der Waals surface area contributed by atoms with Crippen LogP contribution in [-0.2, 0) is 25.7 Å². The first-order valence-electron chi connectivity index (χ1n) is 15.2. The number of ketones is 1. The van der Waals surface area contributed by atoms with Crippen LogP contribution in [0.1, 0.15) is 77.0 Å². The van der Waals surface area contributed by atoms with Gasteiger partial charge < -0.3 is 25.4 Å². The monoisotopic (exact) mass is 628 g/mol. The second-order valence-electron chi connectivity index (χ2n) is 13.3. The molecule has 3 atom stereocenters. The quantitative estimate of drug-likeness (QED) is 0.386. The Morgan fingerprint density at radius 1 is 1.23 bits per heavy atom. The van der Waals surface area contributed by atoms with Gasteiger partial charge in [0.15, 0.2) is 5.67 Å². The highest BCUT2D eigenvalue weighted by Gasteiger charge is 2.53. The van der Waals surface area contributed by atoms with E-state index in [1.807, 2.05) is 25.1 Å². The van der Waals surface area contributed by atoms with Gasteiger partial charge in [-0.05, 0) is 49.7 Å². The van der Waals surface area contributed by atoms with E-state index in [4.69, 9.17) is 4.74 Å². The molecule has 5 rings (SSSR count). The average Bonchev–Trinajstić information content (AvgIpc) is 3.38. The fraction of sp³-hybridized carbons (Fsp3) is 0.594. The molecule has 2 heterocycles. The molecule has 0 radical (unpaired) electrons. The van der Waals surface area contributed by atoms with Crippen molar-refractivity contribution in [3.8, 4) is 16.2 Å². The van der Waals surface area contributed by atoms with Gasteiger partial charge in [-0.1, -0.05) is 32.9 Å². The van der Waals surface area contributed by atoms with Gasteiger partial charge in [-0.2, -0.15) is 0 Å². The zero-order valence-electron chi connectivity index (χ0n) is 25.7. The number of thiazole rings is 1. The molecule has 3 aliphatic rings. The standard InChI is InChI=1S/C32H41FN4O6S/c1-18-26(44-17-35-18)19-5-6-20(25(13-19)43-23-9-7-21(38)8-10-23)15-34-28(40)24-14-22(39)16-37(24)29(41)27(31(2,3)4)36-30(42)32(33)11-12-32/h5-6,13,17,22-24,27,39H,7-12,14-16H2,1-4H3,(H,34,40)(H,36,42)/t22-,24+,27-/m1/s1. The SMILES string of the molecule is Cc1ncsc1-c1ccc(CNC(=O)[C@@H]2C[C@@H](O)CN2C(=O)[C@@H](NC(=O)C2(F)CC2)C(C)(C)C)c(OC2CCC(=O)CC2)c1. The number of amides is 3. The summed E-state index contributed by atoms with van der Waals surface area (Å²) in [7, 11) is 0. The number of nitrogens with one attached hydrogen (secondary N) is 2. The van der Waals surface area contributed by atoms with Gasteiger partial charge in [-0.15, -0.1) is 11.3 Å². The minimum absolute atomic E-state index is 0.0402. The Hall–Kier alpha value is -3.38. The minimum atomic E-state index is -1.95. The van der Waals surface area contributed by atoms with Crippen LogP contribution in [0.25, 0.3) is 10.4 Å². The summed E-state index contributed by atoms with van der Waals surface area (Å²) in [6.07, 6.45) is 1.43. The summed E-state index contributed by atoms with van der Waals surface area (Å²) in [5.41, 5.74) is 1.64. The fourth-order valence-corrected chi connectivity index (χ4v) is 6.56. The van der Waals surface area contributed by atoms with E-state index in [2.05, 4.69) is 15.6 Å². The number of nitrogens with zero attached hydrogens (tertiary/aromatic N) is 2. The molecular weight excluding hydrogens is 587 g/mol. The Morgan fingerprint density at radius 3 is 2.55 bits per heavy atom. The molecule has 3 amide bonds. The fourth-order valence-electron chi connectivity index (χ4n) is 5.76. The van der Waals surface area contributed by atoms with Gasteiger partial charge in [-0.25, -0.2) is 9.37 Å². The number of aliphatic hydroxyl groups is 1. The molecule has 1 aliphatic heterocycles. The van der Waals surface area contributed by atoms with E-state index in [9.17, 15) is 28.7 Å². The maximum atomic E-state index is 14.5. The summed E-state index contributed by atoms with van der Waals surface area (Å²) in [5.74, 6) is -0.973. The van der Waals surface area contributed by atoms with Gasteiger partial charge in [0.2, 0.25) is 11.8 Å². The van der Waals surface area contributed by atoms with Crippen molar-refractivity contribution in [1.29, 1.82) is 0 Å². The van der Waals surface area contributed by atoms with E-state index in [1.165, 1.54) is 16.2 Å². The molecule has 1 aromatic carbocycles. The van der Waals surface area contributed by atoms with E-state index < -0.39 is 47.0 Å². The van der Waals surface area contributed by atoms with E-state index in [-0.39, 0.29) is 44.2 Å². The van der Waals surface area contributed by atoms with Crippen molar-refractivity contribution in [2.45, 2.75) is 109 Å². The largest absolute Gasteiger partial charge is 0.490 e. The smallest absolute Gasteiger partial charge is 0.258 e. The van der Waals surface area contributed by atoms with Gasteiger partial charge >= 0.3 is 0 Å². The first-order chi connectivity index (χ1) is 20.7. The lowest BCUT2D eigenvalue weighted by Crippen LogP contribution is -2.59. The minimum Gasteiger partial charge on any atom is -0.490 e. The number of alkyl halides is 1. The summed E-state index contributed by atoms with van der Waals surface area (Å²) in [6.45, 7) is 7.26. The highest BCUT2D eigenvalue weighted by Crippen LogP contribution is 2.40. The van der Waals surface area contributed by atoms with Gasteiger partial charge in [0.25, 0.3) is 5.91 Å². The normalized spacial score (nSPS) is 22.4. The number of β-amino-alcohol motifs (C(OH)–C–C–N with tert-alkyl or cyclic N) is 1. The Kier molecular flexibility index (Phi) is 9.13. The number of likely N-dealkylation sites (tertiary alicyclic amines) is 1. The molecule has 3 N–H and O–H groups in total. The number of rotatable bonds is 9. The number of hydrogen-bond donors (Lipinski definition) is 3. The Morgan fingerprint density at radius 2 is 1.93 bits per heavy atom. The highest BCUT2D eigenvalue weighted by molar-refractivity contribution is 7.13. The summed E-state index contributed by atoms with van der Waals surface area (Å²) in [6, 6.07) is 3.73. The third-order valence-electron chi connectivity index (χ3n) is 8.66. The predicted molar refractivity (Wildman–Crippen MR) is 163 cm³/mol. The molecule has 44 heavy (non-hydrogen) atoms. The van der Waals surface area contributed by atoms with Crippen molar-refractivity contribution in [1.82, 2.24) is 20.5 Å². The van der Waals surface area contributed by atoms with Crippen LogP contribution >= 0.6 is 11.3 Å². The Bertz CT molecular complexity index is 1420. The Balaban J connectivity index is 1.32. The molecule has 238 valence electrons. The van der Waals surface area contributed by atoms with Crippen molar-refractivity contribution >= 4 is 34.8 Å². The molecule has 1 aromatic heterocycles. The average molecular weight is 629 g/mol. The summed E-state index contributed by atoms with van der Waals surface area (Å²) >= 11 is 1.52. The number of carbonyl (C=O) groups is 4. The lowest BCUT2D eigenvalue weighted by Gasteiger charge is -2.35. The van der Waals surface area contributed by atoms with Crippen LogP contribution in [0.5, 0.6) is 5.75 Å². The molecule has 12 heteroatoms. The van der Waals surface area contributed by atoms with Crippen LogP contribution in [-0.4, -0.2) is 75.0 Å². The summed E-state index contributed by atoms with van der Waals surface area (Å²) in [5, 5.41) is 16.0. The van der Waals surface area contributed by atoms with E-state index >= 15 is 0 Å². The van der Waals surface area contributed by atoms with Crippen molar-refractivity contribution in [2.24, 2.45) is 5.41 Å². The highest BCUT2D eigenvalue weighted by atomic mass is 32.1. The summed E-state index contributed by atoms with van der Waals surface area (Å²) < 4.78 is 20.9. The van der Waals surface area contributed by atoms with Crippen molar-refractivity contribution in [2.75, 3.05) is 6.54 Å². The molecule has 2 aromatic rings. The molecular formula is C32H41FN4O6S. The van der Waals surface area contributed by atoms with Crippen molar-refractivity contribution in [3.05, 3.63) is 35.0 Å². The maximum Gasteiger partial charge on any atom is 0.258 e. The topological polar surface area (TPSA) is 138 Å². The second kappa shape index (κ2) is 12.5. The van der Waals surface area contributed by atoms with Crippen LogP contribution in [0.2, 0.25) is 0 Å². The van der Waals surface area contributed by atoms with Crippen molar-refractivity contribution in [3.63, 3.8) is 0 Å². The number of hydrogen-bond acceptors (Lipinski definition) is 8. The number of aromatic nitrogens is 1. The lowest BCUT2D eigenvalue weighted by molar-refractivity contribution is -0.145. The number of carbonyl (C=O) groups excluding carboxylic acids is 4. The first kappa shape index (κ1) is 32.0. The van der Waals surface area contributed by atoms with Gasteiger partial charge in [-0.3, -0.25) is 19.2 Å². The van der Waals surface area contributed by atoms with Crippen molar-refractivity contribution < 1.29 is 33.4 Å². The zero-order valence-corrected chi connectivity index (χ0v) is 26.5. The molecule has 0 unspecified atom stereocenters.